The van der Waals surface area contributed by atoms with Crippen molar-refractivity contribution in [3.8, 4) is 0 Å². The number of hydrogen-bond donors (Lipinski definition) is 4. The summed E-state index contributed by atoms with van der Waals surface area (Å²) in [6.07, 6.45) is 1.62. The molecule has 1 atom stereocenters. The van der Waals surface area contributed by atoms with Crippen LogP contribution in [-0.4, -0.2) is 32.3 Å². The number of carboxylic acids is 1. The third kappa shape index (κ3) is 2.10. The number of H-pyrrole nitrogens is 2. The average Bonchev–Trinajstić information content (AvgIpc) is 2.99. The zero-order valence-electron chi connectivity index (χ0n) is 8.19. The highest BCUT2D eigenvalue weighted by Gasteiger charge is 2.36. The van der Waals surface area contributed by atoms with E-state index in [2.05, 4.69) is 10.4 Å². The second kappa shape index (κ2) is 3.80. The molecule has 1 fully saturated rings. The molecule has 1 saturated carbocycles. The smallest absolute Gasteiger partial charge is 0.342 e. The van der Waals surface area contributed by atoms with Gasteiger partial charge in [0.2, 0.25) is 5.82 Å². The molecule has 2 rings (SSSR count). The summed E-state index contributed by atoms with van der Waals surface area (Å²) in [5.41, 5.74) is -1.45. The van der Waals surface area contributed by atoms with Gasteiger partial charge in [-0.2, -0.15) is 0 Å². The Kier molecular flexibility index (Phi) is 2.47. The molecule has 1 heterocycles. The van der Waals surface area contributed by atoms with E-state index in [4.69, 9.17) is 5.11 Å². The Balaban J connectivity index is 2.21. The molecule has 0 radical (unpaired) electrons. The first-order valence-electron chi connectivity index (χ1n) is 4.76. The molecule has 1 unspecified atom stereocenters. The van der Waals surface area contributed by atoms with E-state index in [0.717, 1.165) is 12.8 Å². The van der Waals surface area contributed by atoms with E-state index in [-0.39, 0.29) is 11.7 Å². The van der Waals surface area contributed by atoms with Crippen molar-refractivity contribution < 1.29 is 9.90 Å². The molecule has 16 heavy (non-hydrogen) atoms. The van der Waals surface area contributed by atoms with Gasteiger partial charge >= 0.3 is 11.7 Å². The molecule has 0 spiro atoms. The SMILES string of the molecule is O=C(O)C(Nc1n[nH]c(=O)[nH]c1=O)C1CC1. The highest BCUT2D eigenvalue weighted by Crippen LogP contribution is 2.33. The average molecular weight is 226 g/mol. The molecule has 86 valence electrons. The Labute approximate surface area is 88.7 Å². The van der Waals surface area contributed by atoms with Gasteiger partial charge in [-0.05, 0) is 18.8 Å². The van der Waals surface area contributed by atoms with Crippen molar-refractivity contribution in [2.24, 2.45) is 5.92 Å². The van der Waals surface area contributed by atoms with Crippen molar-refractivity contribution in [1.82, 2.24) is 15.2 Å². The van der Waals surface area contributed by atoms with Crippen LogP contribution in [0.25, 0.3) is 0 Å². The summed E-state index contributed by atoms with van der Waals surface area (Å²) in [7, 11) is 0. The fourth-order valence-electron chi connectivity index (χ4n) is 1.40. The lowest BCUT2D eigenvalue weighted by molar-refractivity contribution is -0.138. The summed E-state index contributed by atoms with van der Waals surface area (Å²) in [5, 5.41) is 16.9. The zero-order valence-corrected chi connectivity index (χ0v) is 8.19. The van der Waals surface area contributed by atoms with Crippen LogP contribution in [-0.2, 0) is 4.79 Å². The maximum atomic E-state index is 11.2. The summed E-state index contributed by atoms with van der Waals surface area (Å²) in [5.74, 6) is -1.19. The van der Waals surface area contributed by atoms with Crippen LogP contribution in [0.4, 0.5) is 5.82 Å². The number of nitrogens with one attached hydrogen (secondary N) is 3. The van der Waals surface area contributed by atoms with Crippen LogP contribution in [0, 0.1) is 5.92 Å². The minimum Gasteiger partial charge on any atom is -0.480 e. The molecule has 1 aliphatic carbocycles. The van der Waals surface area contributed by atoms with Crippen LogP contribution < -0.4 is 16.6 Å². The lowest BCUT2D eigenvalue weighted by Gasteiger charge is -2.12. The molecular formula is C8H10N4O4. The van der Waals surface area contributed by atoms with Crippen molar-refractivity contribution >= 4 is 11.8 Å². The number of carbonyl (C=O) groups is 1. The second-order valence-corrected chi connectivity index (χ2v) is 3.65. The fourth-order valence-corrected chi connectivity index (χ4v) is 1.40. The molecule has 4 N–H and O–H groups in total. The standard InChI is InChI=1S/C8H10N4O4/c13-6-5(11-12-8(16)10-6)9-4(7(14)15)3-1-2-3/h3-4H,1-2H2,(H,9,11)(H,14,15)(H2,10,12,13,16). The molecule has 0 saturated heterocycles. The lowest BCUT2D eigenvalue weighted by Crippen LogP contribution is -2.36. The predicted molar refractivity (Wildman–Crippen MR) is 53.2 cm³/mol. The summed E-state index contributed by atoms with van der Waals surface area (Å²) >= 11 is 0. The van der Waals surface area contributed by atoms with Crippen molar-refractivity contribution in [3.63, 3.8) is 0 Å². The summed E-state index contributed by atoms with van der Waals surface area (Å²) < 4.78 is 0. The largest absolute Gasteiger partial charge is 0.480 e. The van der Waals surface area contributed by atoms with Crippen LogP contribution in [0.2, 0.25) is 0 Å². The van der Waals surface area contributed by atoms with Gasteiger partial charge in [0, 0.05) is 0 Å². The minimum absolute atomic E-state index is 0.0191. The van der Waals surface area contributed by atoms with Gasteiger partial charge in [0.1, 0.15) is 6.04 Å². The van der Waals surface area contributed by atoms with Crippen molar-refractivity contribution in [1.29, 1.82) is 0 Å². The Morgan fingerprint density at radius 2 is 2.19 bits per heavy atom. The quantitative estimate of drug-likeness (QED) is 0.507. The molecule has 0 amide bonds. The number of carboxylic acid groups (broad SMARTS) is 1. The van der Waals surface area contributed by atoms with Crippen molar-refractivity contribution in [3.05, 3.63) is 20.8 Å². The number of nitrogens with zero attached hydrogens (tertiary/aromatic N) is 1. The van der Waals surface area contributed by atoms with Gasteiger partial charge in [0.15, 0.2) is 0 Å². The van der Waals surface area contributed by atoms with Gasteiger partial charge in [-0.3, -0.25) is 9.78 Å². The Hall–Kier alpha value is -2.12. The molecule has 1 aliphatic rings. The van der Waals surface area contributed by atoms with Gasteiger partial charge in [-0.25, -0.2) is 14.7 Å². The topological polar surface area (TPSA) is 128 Å². The van der Waals surface area contributed by atoms with E-state index in [1.54, 1.807) is 0 Å². The van der Waals surface area contributed by atoms with Gasteiger partial charge in [-0.15, -0.1) is 5.10 Å². The van der Waals surface area contributed by atoms with E-state index >= 15 is 0 Å². The van der Waals surface area contributed by atoms with Gasteiger partial charge in [-0.1, -0.05) is 0 Å². The normalized spacial score (nSPS) is 16.8. The summed E-state index contributed by atoms with van der Waals surface area (Å²) in [6, 6.07) is -0.834. The van der Waals surface area contributed by atoms with Gasteiger partial charge in [0.05, 0.1) is 0 Å². The number of aliphatic carboxylic acids is 1. The maximum Gasteiger partial charge on any atom is 0.342 e. The summed E-state index contributed by atoms with van der Waals surface area (Å²) in [6.45, 7) is 0. The van der Waals surface area contributed by atoms with Crippen LogP contribution in [0.5, 0.6) is 0 Å². The van der Waals surface area contributed by atoms with Crippen LogP contribution in [0.3, 0.4) is 0 Å². The molecule has 0 aliphatic heterocycles. The number of aromatic nitrogens is 3. The number of aromatic amines is 2. The fraction of sp³-hybridized carbons (Fsp3) is 0.500. The highest BCUT2D eigenvalue weighted by molar-refractivity contribution is 5.77. The Morgan fingerprint density at radius 3 is 2.69 bits per heavy atom. The van der Waals surface area contributed by atoms with E-state index in [1.165, 1.54) is 0 Å². The van der Waals surface area contributed by atoms with E-state index in [1.807, 2.05) is 10.1 Å². The molecule has 1 aromatic rings. The van der Waals surface area contributed by atoms with Gasteiger partial charge in [0.25, 0.3) is 5.56 Å². The van der Waals surface area contributed by atoms with Crippen LogP contribution >= 0.6 is 0 Å². The van der Waals surface area contributed by atoms with Crippen LogP contribution in [0.1, 0.15) is 12.8 Å². The van der Waals surface area contributed by atoms with Gasteiger partial charge < -0.3 is 10.4 Å². The molecule has 0 aromatic carbocycles. The second-order valence-electron chi connectivity index (χ2n) is 3.65. The minimum atomic E-state index is -1.03. The third-order valence-corrected chi connectivity index (χ3v) is 2.36. The molecule has 8 heteroatoms. The van der Waals surface area contributed by atoms with Crippen molar-refractivity contribution in [2.45, 2.75) is 18.9 Å². The van der Waals surface area contributed by atoms with E-state index in [9.17, 15) is 14.4 Å². The third-order valence-electron chi connectivity index (χ3n) is 2.36. The molecule has 8 nitrogen and oxygen atoms in total. The highest BCUT2D eigenvalue weighted by atomic mass is 16.4. The molecule has 0 bridgehead atoms. The molecule has 1 aromatic heterocycles. The Bertz CT molecular complexity index is 515. The number of anilines is 1. The monoisotopic (exact) mass is 226 g/mol. The number of rotatable bonds is 4. The zero-order chi connectivity index (χ0) is 11.7. The number of hydrogen-bond acceptors (Lipinski definition) is 5. The Morgan fingerprint density at radius 1 is 1.50 bits per heavy atom. The predicted octanol–water partition coefficient (Wildman–Crippen LogP) is -1.27. The first-order valence-corrected chi connectivity index (χ1v) is 4.76. The molecular weight excluding hydrogens is 216 g/mol. The first kappa shape index (κ1) is 10.4. The van der Waals surface area contributed by atoms with Crippen LogP contribution in [0.15, 0.2) is 9.59 Å². The lowest BCUT2D eigenvalue weighted by atomic mass is 10.2. The van der Waals surface area contributed by atoms with E-state index in [0.29, 0.717) is 0 Å². The van der Waals surface area contributed by atoms with E-state index < -0.39 is 23.3 Å². The first-order chi connectivity index (χ1) is 7.58. The maximum absolute atomic E-state index is 11.2. The van der Waals surface area contributed by atoms with Crippen molar-refractivity contribution in [2.75, 3.05) is 5.32 Å². The summed E-state index contributed by atoms with van der Waals surface area (Å²) in [4.78, 5) is 34.8.